The molecular formula is C14H11FN2. The average molecular weight is 226 g/mol. The number of hydrogen-bond donors (Lipinski definition) is 2. The van der Waals surface area contributed by atoms with E-state index in [0.717, 1.165) is 22.4 Å². The Hall–Kier alpha value is -2.29. The second-order valence-corrected chi connectivity index (χ2v) is 3.91. The standard InChI is InChI=1S/C14H11FN2/c15-11-5-3-6-12(9-11)16-14-8-10-4-1-2-7-13(10)17-14/h1-9,16-17H. The number of nitrogens with one attached hydrogen (secondary N) is 2. The van der Waals surface area contributed by atoms with Gasteiger partial charge in [0.2, 0.25) is 0 Å². The molecule has 0 aliphatic carbocycles. The van der Waals surface area contributed by atoms with Crippen LogP contribution < -0.4 is 5.32 Å². The fourth-order valence-electron chi connectivity index (χ4n) is 1.86. The minimum Gasteiger partial charge on any atom is -0.342 e. The molecule has 17 heavy (non-hydrogen) atoms. The van der Waals surface area contributed by atoms with Crippen molar-refractivity contribution < 1.29 is 4.39 Å². The molecule has 0 fully saturated rings. The Kier molecular flexibility index (Phi) is 2.29. The molecule has 0 saturated carbocycles. The van der Waals surface area contributed by atoms with Crippen molar-refractivity contribution in [3.8, 4) is 0 Å². The summed E-state index contributed by atoms with van der Waals surface area (Å²) < 4.78 is 13.0. The molecule has 1 aromatic heterocycles. The van der Waals surface area contributed by atoms with E-state index in [9.17, 15) is 4.39 Å². The molecule has 0 aliphatic rings. The van der Waals surface area contributed by atoms with Gasteiger partial charge in [-0.25, -0.2) is 4.39 Å². The molecule has 0 unspecified atom stereocenters. The summed E-state index contributed by atoms with van der Waals surface area (Å²) in [5.74, 6) is 0.614. The summed E-state index contributed by atoms with van der Waals surface area (Å²) in [4.78, 5) is 3.23. The second-order valence-electron chi connectivity index (χ2n) is 3.91. The van der Waals surface area contributed by atoms with E-state index in [-0.39, 0.29) is 5.82 Å². The minimum absolute atomic E-state index is 0.244. The van der Waals surface area contributed by atoms with Crippen LogP contribution in [0.1, 0.15) is 0 Å². The van der Waals surface area contributed by atoms with Crippen LogP contribution in [-0.2, 0) is 0 Å². The van der Waals surface area contributed by atoms with Gasteiger partial charge < -0.3 is 10.3 Å². The highest BCUT2D eigenvalue weighted by atomic mass is 19.1. The molecule has 0 atom stereocenters. The summed E-state index contributed by atoms with van der Waals surface area (Å²) in [7, 11) is 0. The lowest BCUT2D eigenvalue weighted by molar-refractivity contribution is 0.628. The lowest BCUT2D eigenvalue weighted by Crippen LogP contribution is -1.90. The van der Waals surface area contributed by atoms with Gasteiger partial charge in [-0.2, -0.15) is 0 Å². The molecule has 3 rings (SSSR count). The van der Waals surface area contributed by atoms with E-state index in [4.69, 9.17) is 0 Å². The molecule has 0 amide bonds. The number of H-pyrrole nitrogens is 1. The van der Waals surface area contributed by atoms with Crippen LogP contribution in [-0.4, -0.2) is 4.98 Å². The summed E-state index contributed by atoms with van der Waals surface area (Å²) in [6.45, 7) is 0. The zero-order valence-corrected chi connectivity index (χ0v) is 9.07. The third kappa shape index (κ3) is 1.99. The maximum Gasteiger partial charge on any atom is 0.125 e. The molecule has 0 radical (unpaired) electrons. The topological polar surface area (TPSA) is 27.8 Å². The van der Waals surface area contributed by atoms with E-state index in [0.29, 0.717) is 0 Å². The molecule has 2 aromatic carbocycles. The zero-order valence-electron chi connectivity index (χ0n) is 9.07. The Morgan fingerprint density at radius 2 is 1.82 bits per heavy atom. The summed E-state index contributed by atoms with van der Waals surface area (Å²) in [5.41, 5.74) is 1.79. The second kappa shape index (κ2) is 3.94. The summed E-state index contributed by atoms with van der Waals surface area (Å²) in [6.07, 6.45) is 0. The van der Waals surface area contributed by atoms with Crippen molar-refractivity contribution in [2.75, 3.05) is 5.32 Å². The number of aromatic amines is 1. The van der Waals surface area contributed by atoms with Gasteiger partial charge in [-0.15, -0.1) is 0 Å². The number of halogens is 1. The van der Waals surface area contributed by atoms with Crippen LogP contribution >= 0.6 is 0 Å². The SMILES string of the molecule is Fc1cccc(Nc2cc3ccccc3[nH]2)c1. The highest BCUT2D eigenvalue weighted by Crippen LogP contribution is 2.21. The molecular weight excluding hydrogens is 215 g/mol. The van der Waals surface area contributed by atoms with Crippen LogP contribution in [0.5, 0.6) is 0 Å². The van der Waals surface area contributed by atoms with Gasteiger partial charge >= 0.3 is 0 Å². The zero-order chi connectivity index (χ0) is 11.7. The van der Waals surface area contributed by atoms with Crippen LogP contribution in [0.15, 0.2) is 54.6 Å². The lowest BCUT2D eigenvalue weighted by Gasteiger charge is -2.02. The fraction of sp³-hybridized carbons (Fsp3) is 0. The van der Waals surface area contributed by atoms with Crippen molar-refractivity contribution in [1.29, 1.82) is 0 Å². The maximum atomic E-state index is 13.0. The molecule has 2 N–H and O–H groups in total. The average Bonchev–Trinajstić information content (AvgIpc) is 2.71. The van der Waals surface area contributed by atoms with Crippen LogP contribution in [0.25, 0.3) is 10.9 Å². The summed E-state index contributed by atoms with van der Waals surface area (Å²) in [6, 6.07) is 16.4. The molecule has 0 bridgehead atoms. The van der Waals surface area contributed by atoms with Gasteiger partial charge in [0.15, 0.2) is 0 Å². The Balaban J connectivity index is 1.94. The number of fused-ring (bicyclic) bond motifs is 1. The predicted octanol–water partition coefficient (Wildman–Crippen LogP) is 4.05. The van der Waals surface area contributed by atoms with Crippen molar-refractivity contribution in [2.24, 2.45) is 0 Å². The molecule has 2 nitrogen and oxygen atoms in total. The Morgan fingerprint density at radius 3 is 2.65 bits per heavy atom. The molecule has 0 saturated heterocycles. The van der Waals surface area contributed by atoms with Crippen molar-refractivity contribution in [3.05, 3.63) is 60.4 Å². The van der Waals surface area contributed by atoms with E-state index in [1.165, 1.54) is 12.1 Å². The largest absolute Gasteiger partial charge is 0.342 e. The first-order valence-electron chi connectivity index (χ1n) is 5.42. The van der Waals surface area contributed by atoms with Gasteiger partial charge in [0.1, 0.15) is 11.6 Å². The monoisotopic (exact) mass is 226 g/mol. The van der Waals surface area contributed by atoms with Gasteiger partial charge in [0.05, 0.1) is 0 Å². The third-order valence-electron chi connectivity index (χ3n) is 2.63. The number of anilines is 2. The number of hydrogen-bond acceptors (Lipinski definition) is 1. The van der Waals surface area contributed by atoms with Gasteiger partial charge in [0.25, 0.3) is 0 Å². The van der Waals surface area contributed by atoms with Crippen LogP contribution in [0, 0.1) is 5.82 Å². The molecule has 3 heteroatoms. The fourth-order valence-corrected chi connectivity index (χ4v) is 1.86. The number of aromatic nitrogens is 1. The molecule has 84 valence electrons. The smallest absolute Gasteiger partial charge is 0.125 e. The van der Waals surface area contributed by atoms with Gasteiger partial charge in [0, 0.05) is 16.6 Å². The van der Waals surface area contributed by atoms with Crippen molar-refractivity contribution in [3.63, 3.8) is 0 Å². The lowest BCUT2D eigenvalue weighted by atomic mass is 10.2. The number of rotatable bonds is 2. The Bertz CT molecular complexity index is 625. The normalized spacial score (nSPS) is 10.6. The van der Waals surface area contributed by atoms with E-state index in [1.807, 2.05) is 36.4 Å². The molecule has 0 spiro atoms. The highest BCUT2D eigenvalue weighted by molar-refractivity contribution is 5.84. The van der Waals surface area contributed by atoms with Crippen molar-refractivity contribution >= 4 is 22.4 Å². The predicted molar refractivity (Wildman–Crippen MR) is 68.0 cm³/mol. The molecule has 3 aromatic rings. The Morgan fingerprint density at radius 1 is 0.941 bits per heavy atom. The van der Waals surface area contributed by atoms with Crippen LogP contribution in [0.3, 0.4) is 0 Å². The first kappa shape index (κ1) is 9.90. The van der Waals surface area contributed by atoms with Crippen molar-refractivity contribution in [1.82, 2.24) is 4.98 Å². The van der Waals surface area contributed by atoms with E-state index < -0.39 is 0 Å². The highest BCUT2D eigenvalue weighted by Gasteiger charge is 2.00. The summed E-state index contributed by atoms with van der Waals surface area (Å²) in [5, 5.41) is 4.27. The van der Waals surface area contributed by atoms with Crippen LogP contribution in [0.4, 0.5) is 15.9 Å². The van der Waals surface area contributed by atoms with E-state index in [1.54, 1.807) is 6.07 Å². The van der Waals surface area contributed by atoms with E-state index >= 15 is 0 Å². The quantitative estimate of drug-likeness (QED) is 0.677. The van der Waals surface area contributed by atoms with Gasteiger partial charge in [-0.1, -0.05) is 24.3 Å². The van der Waals surface area contributed by atoms with Crippen molar-refractivity contribution in [2.45, 2.75) is 0 Å². The van der Waals surface area contributed by atoms with E-state index in [2.05, 4.69) is 10.3 Å². The first-order valence-corrected chi connectivity index (χ1v) is 5.42. The molecule has 1 heterocycles. The number of benzene rings is 2. The maximum absolute atomic E-state index is 13.0. The van der Waals surface area contributed by atoms with Crippen LogP contribution in [0.2, 0.25) is 0 Å². The summed E-state index contributed by atoms with van der Waals surface area (Å²) >= 11 is 0. The van der Waals surface area contributed by atoms with Gasteiger partial charge in [-0.3, -0.25) is 0 Å². The number of para-hydroxylation sites is 1. The Labute approximate surface area is 98.1 Å². The minimum atomic E-state index is -0.244. The van der Waals surface area contributed by atoms with Gasteiger partial charge in [-0.05, 0) is 30.3 Å². The third-order valence-corrected chi connectivity index (χ3v) is 2.63. The molecule has 0 aliphatic heterocycles. The first-order chi connectivity index (χ1) is 8.31.